The summed E-state index contributed by atoms with van der Waals surface area (Å²) in [4.78, 5) is 12.4. The van der Waals surface area contributed by atoms with E-state index in [4.69, 9.17) is 0 Å². The van der Waals surface area contributed by atoms with Gasteiger partial charge < -0.3 is 5.32 Å². The van der Waals surface area contributed by atoms with Crippen LogP contribution in [0.4, 0.5) is 0 Å². The van der Waals surface area contributed by atoms with Crippen molar-refractivity contribution in [1.82, 2.24) is 20.1 Å². The molecule has 144 valence electrons. The van der Waals surface area contributed by atoms with Gasteiger partial charge in [0.25, 0.3) is 0 Å². The lowest BCUT2D eigenvalue weighted by molar-refractivity contribution is -0.119. The SMILES string of the molecule is C=CCn1c(SCC(=O)N[C@@H]2CCCC[C@@H]2C)nnc1-c1cccc(C)c1. The van der Waals surface area contributed by atoms with Gasteiger partial charge in [0.2, 0.25) is 5.91 Å². The van der Waals surface area contributed by atoms with E-state index in [9.17, 15) is 4.79 Å². The van der Waals surface area contributed by atoms with E-state index in [0.717, 1.165) is 23.0 Å². The summed E-state index contributed by atoms with van der Waals surface area (Å²) in [6.07, 6.45) is 6.59. The molecule has 1 aliphatic carbocycles. The summed E-state index contributed by atoms with van der Waals surface area (Å²) in [6, 6.07) is 8.51. The number of carbonyl (C=O) groups is 1. The number of allylic oxidation sites excluding steroid dienone is 1. The normalized spacial score (nSPS) is 19.6. The Bertz CT molecular complexity index is 801. The van der Waals surface area contributed by atoms with Crippen molar-refractivity contribution < 1.29 is 4.79 Å². The number of hydrogen-bond acceptors (Lipinski definition) is 4. The van der Waals surface area contributed by atoms with Gasteiger partial charge in [-0.1, -0.05) is 61.4 Å². The molecule has 1 N–H and O–H groups in total. The standard InChI is InChI=1S/C21H28N4OS/c1-4-12-25-20(17-10-7-8-15(2)13-17)23-24-21(25)27-14-19(26)22-18-11-6-5-9-16(18)3/h4,7-8,10,13,16,18H,1,5-6,9,11-12,14H2,2-3H3,(H,22,26)/t16-,18+/m0/s1. The molecule has 1 heterocycles. The molecule has 0 unspecified atom stereocenters. The van der Waals surface area contributed by atoms with E-state index >= 15 is 0 Å². The Hall–Kier alpha value is -2.08. The molecule has 0 saturated heterocycles. The number of benzene rings is 1. The summed E-state index contributed by atoms with van der Waals surface area (Å²) in [5.74, 6) is 1.79. The molecule has 1 saturated carbocycles. The Labute approximate surface area is 165 Å². The van der Waals surface area contributed by atoms with Crippen LogP contribution in [0.2, 0.25) is 0 Å². The number of carbonyl (C=O) groups excluding carboxylic acids is 1. The van der Waals surface area contributed by atoms with Crippen molar-refractivity contribution in [3.05, 3.63) is 42.5 Å². The second kappa shape index (κ2) is 9.22. The zero-order valence-electron chi connectivity index (χ0n) is 16.1. The number of amides is 1. The maximum absolute atomic E-state index is 12.4. The van der Waals surface area contributed by atoms with Crippen LogP contribution in [0.15, 0.2) is 42.1 Å². The molecule has 27 heavy (non-hydrogen) atoms. The van der Waals surface area contributed by atoms with E-state index in [2.05, 4.69) is 48.1 Å². The average molecular weight is 385 g/mol. The molecule has 0 bridgehead atoms. The summed E-state index contributed by atoms with van der Waals surface area (Å²) in [7, 11) is 0. The minimum Gasteiger partial charge on any atom is -0.352 e. The summed E-state index contributed by atoms with van der Waals surface area (Å²) in [5.41, 5.74) is 2.20. The zero-order valence-corrected chi connectivity index (χ0v) is 17.0. The lowest BCUT2D eigenvalue weighted by Gasteiger charge is -2.29. The fourth-order valence-electron chi connectivity index (χ4n) is 3.60. The summed E-state index contributed by atoms with van der Waals surface area (Å²) in [6.45, 7) is 8.74. The largest absolute Gasteiger partial charge is 0.352 e. The highest BCUT2D eigenvalue weighted by atomic mass is 32.2. The number of rotatable bonds is 7. The van der Waals surface area contributed by atoms with Gasteiger partial charge in [0.15, 0.2) is 11.0 Å². The Morgan fingerprint density at radius 1 is 1.37 bits per heavy atom. The number of aryl methyl sites for hydroxylation is 1. The molecule has 0 aliphatic heterocycles. The van der Waals surface area contributed by atoms with Crippen LogP contribution in [0.1, 0.15) is 38.2 Å². The Kier molecular flexibility index (Phi) is 6.72. The van der Waals surface area contributed by atoms with Crippen LogP contribution >= 0.6 is 11.8 Å². The van der Waals surface area contributed by atoms with Crippen LogP contribution in [0.5, 0.6) is 0 Å². The molecule has 1 aliphatic rings. The predicted molar refractivity (Wildman–Crippen MR) is 111 cm³/mol. The fraction of sp³-hybridized carbons (Fsp3) is 0.476. The van der Waals surface area contributed by atoms with E-state index < -0.39 is 0 Å². The van der Waals surface area contributed by atoms with Crippen LogP contribution in [-0.4, -0.2) is 32.5 Å². The fourth-order valence-corrected chi connectivity index (χ4v) is 4.36. The van der Waals surface area contributed by atoms with Crippen molar-refractivity contribution in [2.75, 3.05) is 5.75 Å². The Balaban J connectivity index is 1.67. The first-order valence-corrected chi connectivity index (χ1v) is 10.6. The van der Waals surface area contributed by atoms with Gasteiger partial charge in [0.05, 0.1) is 5.75 Å². The average Bonchev–Trinajstić information content (AvgIpc) is 3.05. The van der Waals surface area contributed by atoms with Crippen LogP contribution in [0.25, 0.3) is 11.4 Å². The number of nitrogens with one attached hydrogen (secondary N) is 1. The van der Waals surface area contributed by atoms with Gasteiger partial charge >= 0.3 is 0 Å². The van der Waals surface area contributed by atoms with E-state index in [1.54, 1.807) is 0 Å². The maximum Gasteiger partial charge on any atom is 0.230 e. The van der Waals surface area contributed by atoms with E-state index in [0.29, 0.717) is 24.3 Å². The molecular formula is C21H28N4OS. The molecule has 1 amide bonds. The molecule has 2 aromatic rings. The third kappa shape index (κ3) is 5.01. The smallest absolute Gasteiger partial charge is 0.230 e. The zero-order chi connectivity index (χ0) is 19.2. The third-order valence-electron chi connectivity index (χ3n) is 5.10. The summed E-state index contributed by atoms with van der Waals surface area (Å²) in [5, 5.41) is 12.6. The lowest BCUT2D eigenvalue weighted by atomic mass is 9.86. The highest BCUT2D eigenvalue weighted by Crippen LogP contribution is 2.26. The molecular weight excluding hydrogens is 356 g/mol. The van der Waals surface area contributed by atoms with E-state index in [1.165, 1.54) is 36.6 Å². The molecule has 5 nitrogen and oxygen atoms in total. The monoisotopic (exact) mass is 384 g/mol. The second-order valence-corrected chi connectivity index (χ2v) is 8.24. The van der Waals surface area contributed by atoms with Crippen LogP contribution in [-0.2, 0) is 11.3 Å². The first kappa shape index (κ1) is 19.7. The van der Waals surface area contributed by atoms with Crippen molar-refractivity contribution in [2.24, 2.45) is 5.92 Å². The Morgan fingerprint density at radius 2 is 2.19 bits per heavy atom. The first-order valence-electron chi connectivity index (χ1n) is 9.61. The molecule has 3 rings (SSSR count). The third-order valence-corrected chi connectivity index (χ3v) is 6.06. The van der Waals surface area contributed by atoms with Crippen LogP contribution in [0, 0.1) is 12.8 Å². The molecule has 1 aromatic carbocycles. The van der Waals surface area contributed by atoms with Gasteiger partial charge in [-0.25, -0.2) is 0 Å². The molecule has 0 spiro atoms. The number of hydrogen-bond donors (Lipinski definition) is 1. The van der Waals surface area contributed by atoms with Crippen molar-refractivity contribution in [3.63, 3.8) is 0 Å². The van der Waals surface area contributed by atoms with Crippen LogP contribution in [0.3, 0.4) is 0 Å². The molecule has 2 atom stereocenters. The molecule has 1 aromatic heterocycles. The highest BCUT2D eigenvalue weighted by molar-refractivity contribution is 7.99. The molecule has 0 radical (unpaired) electrons. The van der Waals surface area contributed by atoms with Crippen molar-refractivity contribution >= 4 is 17.7 Å². The van der Waals surface area contributed by atoms with Gasteiger partial charge in [0.1, 0.15) is 0 Å². The minimum absolute atomic E-state index is 0.0732. The van der Waals surface area contributed by atoms with Gasteiger partial charge in [-0.05, 0) is 31.7 Å². The number of nitrogens with zero attached hydrogens (tertiary/aromatic N) is 3. The van der Waals surface area contributed by atoms with Gasteiger partial charge in [-0.3, -0.25) is 9.36 Å². The van der Waals surface area contributed by atoms with Crippen molar-refractivity contribution in [3.8, 4) is 11.4 Å². The second-order valence-electron chi connectivity index (χ2n) is 7.30. The maximum atomic E-state index is 12.4. The van der Waals surface area contributed by atoms with Crippen LogP contribution < -0.4 is 5.32 Å². The first-order chi connectivity index (χ1) is 13.1. The lowest BCUT2D eigenvalue weighted by Crippen LogP contribution is -2.41. The van der Waals surface area contributed by atoms with Gasteiger partial charge in [-0.2, -0.15) is 0 Å². The summed E-state index contributed by atoms with van der Waals surface area (Å²) >= 11 is 1.43. The quantitative estimate of drug-likeness (QED) is 0.573. The highest BCUT2D eigenvalue weighted by Gasteiger charge is 2.23. The van der Waals surface area contributed by atoms with Gasteiger partial charge in [0, 0.05) is 18.2 Å². The predicted octanol–water partition coefficient (Wildman–Crippen LogP) is 4.23. The van der Waals surface area contributed by atoms with E-state index in [-0.39, 0.29) is 5.91 Å². The van der Waals surface area contributed by atoms with E-state index in [1.807, 2.05) is 22.8 Å². The topological polar surface area (TPSA) is 59.8 Å². The van der Waals surface area contributed by atoms with Gasteiger partial charge in [-0.15, -0.1) is 16.8 Å². The summed E-state index contributed by atoms with van der Waals surface area (Å²) < 4.78 is 2.02. The number of thioether (sulfide) groups is 1. The molecule has 1 fully saturated rings. The minimum atomic E-state index is 0.0732. The van der Waals surface area contributed by atoms with Crippen molar-refractivity contribution in [2.45, 2.75) is 57.3 Å². The Morgan fingerprint density at radius 3 is 2.93 bits per heavy atom. The van der Waals surface area contributed by atoms with Crippen molar-refractivity contribution in [1.29, 1.82) is 0 Å². The molecule has 6 heteroatoms. The number of aromatic nitrogens is 3.